The maximum atomic E-state index is 12.3. The molecule has 0 spiro atoms. The van der Waals surface area contributed by atoms with Gasteiger partial charge < -0.3 is 10.1 Å². The molecule has 0 aliphatic heterocycles. The van der Waals surface area contributed by atoms with E-state index >= 15 is 0 Å². The predicted octanol–water partition coefficient (Wildman–Crippen LogP) is 4.02. The van der Waals surface area contributed by atoms with E-state index in [2.05, 4.69) is 26.2 Å². The molecule has 0 amide bonds. The highest BCUT2D eigenvalue weighted by Gasteiger charge is 2.16. The molecule has 5 nitrogen and oxygen atoms in total. The molecule has 0 aliphatic carbocycles. The Morgan fingerprint density at radius 1 is 1.16 bits per heavy atom. The van der Waals surface area contributed by atoms with Gasteiger partial charge in [-0.3, -0.25) is 9.59 Å². The SMILES string of the molecule is CC(C)(C)OC(=O)Cc1ccc(C(=O)CNc2ncccc2Br)cc1. The van der Waals surface area contributed by atoms with E-state index in [-0.39, 0.29) is 24.7 Å². The second kappa shape index (κ2) is 8.25. The fourth-order valence-corrected chi connectivity index (χ4v) is 2.53. The lowest BCUT2D eigenvalue weighted by Gasteiger charge is -2.19. The minimum Gasteiger partial charge on any atom is -0.460 e. The number of carbonyl (C=O) groups is 2. The normalized spacial score (nSPS) is 11.0. The van der Waals surface area contributed by atoms with Crippen LogP contribution in [0.15, 0.2) is 47.1 Å². The molecule has 0 atom stereocenters. The number of nitrogens with zero attached hydrogens (tertiary/aromatic N) is 1. The van der Waals surface area contributed by atoms with Gasteiger partial charge in [0.15, 0.2) is 5.78 Å². The third-order valence-electron chi connectivity index (χ3n) is 3.22. The van der Waals surface area contributed by atoms with E-state index < -0.39 is 5.60 Å². The molecule has 25 heavy (non-hydrogen) atoms. The second-order valence-electron chi connectivity index (χ2n) is 6.57. The molecule has 1 aromatic heterocycles. The number of hydrogen-bond acceptors (Lipinski definition) is 5. The maximum absolute atomic E-state index is 12.3. The molecule has 1 heterocycles. The van der Waals surface area contributed by atoms with Gasteiger partial charge in [0.1, 0.15) is 11.4 Å². The van der Waals surface area contributed by atoms with Gasteiger partial charge >= 0.3 is 5.97 Å². The fourth-order valence-electron chi connectivity index (χ4n) is 2.13. The molecule has 2 aromatic rings. The molecule has 0 bridgehead atoms. The van der Waals surface area contributed by atoms with Crippen molar-refractivity contribution in [3.63, 3.8) is 0 Å². The van der Waals surface area contributed by atoms with Crippen LogP contribution in [0.3, 0.4) is 0 Å². The number of anilines is 1. The summed E-state index contributed by atoms with van der Waals surface area (Å²) in [7, 11) is 0. The highest BCUT2D eigenvalue weighted by molar-refractivity contribution is 9.10. The zero-order valence-corrected chi connectivity index (χ0v) is 16.1. The zero-order valence-electron chi connectivity index (χ0n) is 14.5. The number of halogens is 1. The van der Waals surface area contributed by atoms with Gasteiger partial charge in [-0.05, 0) is 54.4 Å². The quantitative estimate of drug-likeness (QED) is 0.581. The number of pyridine rings is 1. The lowest BCUT2D eigenvalue weighted by atomic mass is 10.1. The van der Waals surface area contributed by atoms with Crippen molar-refractivity contribution in [3.05, 3.63) is 58.2 Å². The van der Waals surface area contributed by atoms with Crippen LogP contribution < -0.4 is 5.32 Å². The van der Waals surface area contributed by atoms with Crippen LogP contribution in [0.4, 0.5) is 5.82 Å². The van der Waals surface area contributed by atoms with E-state index in [1.807, 2.05) is 26.8 Å². The molecule has 6 heteroatoms. The summed E-state index contributed by atoms with van der Waals surface area (Å²) in [6.07, 6.45) is 1.84. The van der Waals surface area contributed by atoms with Gasteiger partial charge in [-0.1, -0.05) is 24.3 Å². The highest BCUT2D eigenvalue weighted by atomic mass is 79.9. The lowest BCUT2D eigenvalue weighted by molar-refractivity contribution is -0.153. The van der Waals surface area contributed by atoms with Crippen molar-refractivity contribution in [2.75, 3.05) is 11.9 Å². The number of benzene rings is 1. The van der Waals surface area contributed by atoms with Crippen LogP contribution in [0.5, 0.6) is 0 Å². The largest absolute Gasteiger partial charge is 0.460 e. The number of ether oxygens (including phenoxy) is 1. The molecule has 0 radical (unpaired) electrons. The Kier molecular flexibility index (Phi) is 6.31. The van der Waals surface area contributed by atoms with Crippen molar-refractivity contribution in [3.8, 4) is 0 Å². The first-order valence-corrected chi connectivity index (χ1v) is 8.72. The molecule has 0 unspecified atom stereocenters. The average Bonchev–Trinajstić information content (AvgIpc) is 2.52. The Labute approximate surface area is 155 Å². The summed E-state index contributed by atoms with van der Waals surface area (Å²) in [5.74, 6) is 0.284. The topological polar surface area (TPSA) is 68.3 Å². The maximum Gasteiger partial charge on any atom is 0.310 e. The van der Waals surface area contributed by atoms with Crippen LogP contribution in [0.25, 0.3) is 0 Å². The van der Waals surface area contributed by atoms with E-state index in [0.29, 0.717) is 11.4 Å². The van der Waals surface area contributed by atoms with Gasteiger partial charge in [-0.15, -0.1) is 0 Å². The smallest absolute Gasteiger partial charge is 0.310 e. The van der Waals surface area contributed by atoms with Gasteiger partial charge in [-0.2, -0.15) is 0 Å². The fraction of sp³-hybridized carbons (Fsp3) is 0.316. The molecular weight excluding hydrogens is 384 g/mol. The first kappa shape index (κ1) is 19.1. The summed E-state index contributed by atoms with van der Waals surface area (Å²) in [6, 6.07) is 10.6. The standard InChI is InChI=1S/C19H21BrN2O3/c1-19(2,3)25-17(24)11-13-6-8-14(9-7-13)16(23)12-22-18-15(20)5-4-10-21-18/h4-10H,11-12H2,1-3H3,(H,21,22). The number of nitrogens with one attached hydrogen (secondary N) is 1. The summed E-state index contributed by atoms with van der Waals surface area (Å²) >= 11 is 3.38. The lowest BCUT2D eigenvalue weighted by Crippen LogP contribution is -2.24. The molecule has 0 aliphatic rings. The Bertz CT molecular complexity index is 752. The first-order valence-electron chi connectivity index (χ1n) is 7.93. The van der Waals surface area contributed by atoms with Gasteiger partial charge in [0.2, 0.25) is 0 Å². The number of rotatable bonds is 6. The van der Waals surface area contributed by atoms with Crippen molar-refractivity contribution in [1.82, 2.24) is 4.98 Å². The second-order valence-corrected chi connectivity index (χ2v) is 7.43. The molecule has 1 N–H and O–H groups in total. The van der Waals surface area contributed by atoms with Crippen molar-refractivity contribution >= 4 is 33.5 Å². The number of aromatic nitrogens is 1. The van der Waals surface area contributed by atoms with Crippen LogP contribution in [0.2, 0.25) is 0 Å². The summed E-state index contributed by atoms with van der Waals surface area (Å²) in [5.41, 5.74) is 0.886. The van der Waals surface area contributed by atoms with Crippen molar-refractivity contribution in [2.45, 2.75) is 32.8 Å². The van der Waals surface area contributed by atoms with E-state index in [1.165, 1.54) is 0 Å². The molecule has 0 saturated heterocycles. The Hall–Kier alpha value is -2.21. The molecule has 2 rings (SSSR count). The van der Waals surface area contributed by atoms with Crippen LogP contribution >= 0.6 is 15.9 Å². The molecular formula is C19H21BrN2O3. The predicted molar refractivity (Wildman–Crippen MR) is 101 cm³/mol. The number of carbonyl (C=O) groups excluding carboxylic acids is 2. The van der Waals surface area contributed by atoms with E-state index in [1.54, 1.807) is 36.5 Å². The van der Waals surface area contributed by atoms with Crippen LogP contribution in [0.1, 0.15) is 36.7 Å². The van der Waals surface area contributed by atoms with Crippen molar-refractivity contribution in [1.29, 1.82) is 0 Å². The van der Waals surface area contributed by atoms with E-state index in [0.717, 1.165) is 10.0 Å². The third-order valence-corrected chi connectivity index (χ3v) is 3.86. The van der Waals surface area contributed by atoms with E-state index in [9.17, 15) is 9.59 Å². The third kappa shape index (κ3) is 6.31. The Morgan fingerprint density at radius 3 is 2.44 bits per heavy atom. The Balaban J connectivity index is 1.92. The molecule has 0 saturated carbocycles. The van der Waals surface area contributed by atoms with Crippen LogP contribution in [-0.2, 0) is 16.0 Å². The van der Waals surface area contributed by atoms with E-state index in [4.69, 9.17) is 4.74 Å². The summed E-state index contributed by atoms with van der Waals surface area (Å²) in [5, 5.41) is 3.00. The minimum absolute atomic E-state index is 0.0543. The van der Waals surface area contributed by atoms with Gasteiger partial charge in [0.25, 0.3) is 0 Å². The first-order chi connectivity index (χ1) is 11.7. The number of hydrogen-bond donors (Lipinski definition) is 1. The Morgan fingerprint density at radius 2 is 1.84 bits per heavy atom. The molecule has 132 valence electrons. The minimum atomic E-state index is -0.502. The van der Waals surface area contributed by atoms with Gasteiger partial charge in [-0.25, -0.2) is 4.98 Å². The van der Waals surface area contributed by atoms with Gasteiger partial charge in [0, 0.05) is 11.8 Å². The van der Waals surface area contributed by atoms with Crippen molar-refractivity contribution in [2.24, 2.45) is 0 Å². The van der Waals surface area contributed by atoms with Crippen LogP contribution in [0, 0.1) is 0 Å². The molecule has 1 aromatic carbocycles. The van der Waals surface area contributed by atoms with Gasteiger partial charge in [0.05, 0.1) is 17.4 Å². The number of esters is 1. The summed E-state index contributed by atoms with van der Waals surface area (Å²) in [4.78, 5) is 28.2. The summed E-state index contributed by atoms with van der Waals surface area (Å²) < 4.78 is 6.09. The summed E-state index contributed by atoms with van der Waals surface area (Å²) in [6.45, 7) is 5.64. The van der Waals surface area contributed by atoms with Crippen molar-refractivity contribution < 1.29 is 14.3 Å². The average molecular weight is 405 g/mol. The monoisotopic (exact) mass is 404 g/mol. The zero-order chi connectivity index (χ0) is 18.4. The molecule has 0 fully saturated rings. The van der Waals surface area contributed by atoms with Crippen LogP contribution in [-0.4, -0.2) is 28.9 Å². The highest BCUT2D eigenvalue weighted by Crippen LogP contribution is 2.18. The number of Topliss-reactive ketones (excluding diaryl/α,β-unsaturated/α-hetero) is 1. The number of ketones is 1.